The molecule has 23 heavy (non-hydrogen) atoms. The zero-order valence-corrected chi connectivity index (χ0v) is 15.2. The lowest BCUT2D eigenvalue weighted by atomic mass is 10.1. The minimum Gasteiger partial charge on any atom is -0.405 e. The van der Waals surface area contributed by atoms with Crippen LogP contribution in [0.1, 0.15) is 33.6 Å². The molecule has 0 saturated carbocycles. The molecule has 130 valence electrons. The van der Waals surface area contributed by atoms with E-state index in [1.807, 2.05) is 6.92 Å². The molecule has 0 aromatic heterocycles. The summed E-state index contributed by atoms with van der Waals surface area (Å²) in [6, 6.07) is 7.48. The third-order valence-corrected chi connectivity index (χ3v) is 4.13. The summed E-state index contributed by atoms with van der Waals surface area (Å²) in [5, 5.41) is 0. The van der Waals surface area contributed by atoms with Crippen molar-refractivity contribution in [3.05, 3.63) is 30.3 Å². The smallest absolute Gasteiger partial charge is 0.405 e. The van der Waals surface area contributed by atoms with Crippen LogP contribution < -0.4 is 10.0 Å². The maximum atomic E-state index is 12.2. The van der Waals surface area contributed by atoms with Crippen LogP contribution in [-0.2, 0) is 18.7 Å². The zero-order valence-electron chi connectivity index (χ0n) is 13.5. The van der Waals surface area contributed by atoms with Crippen molar-refractivity contribution >= 4 is 24.2 Å². The monoisotopic (exact) mass is 363 g/mol. The van der Waals surface area contributed by atoms with Gasteiger partial charge in [0.25, 0.3) is 0 Å². The lowest BCUT2D eigenvalue weighted by Crippen LogP contribution is -2.41. The standard InChI is InChI=1S/C15H23ClNO5P/c1-4-5-11-20-17-14(12(2)3)15(18)22-23(16,19)21-13-9-7-6-8-10-13/h6-10,12,14,17H,4-5,11H2,1-3H3/t14-,23?/m0/s1. The Morgan fingerprint density at radius 2 is 1.96 bits per heavy atom. The van der Waals surface area contributed by atoms with E-state index in [1.54, 1.807) is 44.2 Å². The van der Waals surface area contributed by atoms with E-state index in [0.717, 1.165) is 12.8 Å². The van der Waals surface area contributed by atoms with Crippen LogP contribution in [0, 0.1) is 5.92 Å². The number of hydrogen-bond donors (Lipinski definition) is 1. The summed E-state index contributed by atoms with van der Waals surface area (Å²) in [6.45, 7) is 2.02. The van der Waals surface area contributed by atoms with Crippen LogP contribution in [0.15, 0.2) is 30.3 Å². The molecule has 0 aliphatic rings. The first-order valence-corrected chi connectivity index (χ1v) is 9.95. The first-order valence-electron chi connectivity index (χ1n) is 7.51. The van der Waals surface area contributed by atoms with E-state index >= 15 is 0 Å². The summed E-state index contributed by atoms with van der Waals surface area (Å²) in [7, 11) is 0. The number of rotatable bonds is 10. The van der Waals surface area contributed by atoms with Crippen LogP contribution >= 0.6 is 18.2 Å². The highest BCUT2D eigenvalue weighted by Crippen LogP contribution is 2.53. The van der Waals surface area contributed by atoms with Crippen molar-refractivity contribution in [3.63, 3.8) is 0 Å². The number of para-hydroxylation sites is 1. The zero-order chi connectivity index (χ0) is 17.3. The van der Waals surface area contributed by atoms with Gasteiger partial charge in [-0.1, -0.05) is 45.4 Å². The molecule has 2 atom stereocenters. The second kappa shape index (κ2) is 9.93. The quantitative estimate of drug-likeness (QED) is 0.379. The van der Waals surface area contributed by atoms with Crippen molar-refractivity contribution in [1.29, 1.82) is 0 Å². The van der Waals surface area contributed by atoms with Gasteiger partial charge in [-0.2, -0.15) is 5.48 Å². The summed E-state index contributed by atoms with van der Waals surface area (Å²) in [6.07, 6.45) is 1.83. The minimum absolute atomic E-state index is 0.141. The lowest BCUT2D eigenvalue weighted by Gasteiger charge is -2.21. The number of benzene rings is 1. The Kier molecular flexibility index (Phi) is 8.63. The normalized spacial score (nSPS) is 15.0. The van der Waals surface area contributed by atoms with Gasteiger partial charge < -0.3 is 13.9 Å². The number of unbranched alkanes of at least 4 members (excludes halogenated alkanes) is 1. The van der Waals surface area contributed by atoms with E-state index in [1.165, 1.54) is 0 Å². The summed E-state index contributed by atoms with van der Waals surface area (Å²) >= 11 is 5.72. The molecule has 1 N–H and O–H groups in total. The molecule has 0 spiro atoms. The van der Waals surface area contributed by atoms with Gasteiger partial charge in [0.2, 0.25) is 0 Å². The molecule has 6 nitrogen and oxygen atoms in total. The first-order chi connectivity index (χ1) is 10.9. The van der Waals surface area contributed by atoms with E-state index in [9.17, 15) is 9.36 Å². The Bertz CT molecular complexity index is 526. The molecular weight excluding hydrogens is 341 g/mol. The molecular formula is C15H23ClNO5P. The Hall–Kier alpha value is -1.07. The fourth-order valence-electron chi connectivity index (χ4n) is 1.61. The number of carbonyl (C=O) groups excluding carboxylic acids is 1. The molecule has 1 unspecified atom stereocenters. The van der Waals surface area contributed by atoms with Crippen LogP contribution in [0.4, 0.5) is 0 Å². The van der Waals surface area contributed by atoms with E-state index < -0.39 is 19.0 Å². The molecule has 1 rings (SSSR count). The van der Waals surface area contributed by atoms with Gasteiger partial charge in [-0.3, -0.25) is 0 Å². The molecule has 0 aliphatic carbocycles. The summed E-state index contributed by atoms with van der Waals surface area (Å²) in [5.41, 5.74) is 2.63. The summed E-state index contributed by atoms with van der Waals surface area (Å²) in [5.74, 6) is -0.671. The minimum atomic E-state index is -4.08. The van der Waals surface area contributed by atoms with Crippen molar-refractivity contribution in [3.8, 4) is 5.75 Å². The second-order valence-corrected chi connectivity index (χ2v) is 7.76. The van der Waals surface area contributed by atoms with Crippen LogP contribution in [0.3, 0.4) is 0 Å². The highest BCUT2D eigenvalue weighted by Gasteiger charge is 2.33. The lowest BCUT2D eigenvalue weighted by molar-refractivity contribution is -0.143. The van der Waals surface area contributed by atoms with E-state index in [0.29, 0.717) is 6.61 Å². The Morgan fingerprint density at radius 3 is 2.52 bits per heavy atom. The fourth-order valence-corrected chi connectivity index (χ4v) is 2.79. The summed E-state index contributed by atoms with van der Waals surface area (Å²) < 4.78 is 22.0. The Morgan fingerprint density at radius 1 is 1.30 bits per heavy atom. The predicted octanol–water partition coefficient (Wildman–Crippen LogP) is 4.30. The third kappa shape index (κ3) is 7.84. The number of hydrogen-bond acceptors (Lipinski definition) is 6. The number of halogens is 1. The fraction of sp³-hybridized carbons (Fsp3) is 0.533. The van der Waals surface area contributed by atoms with E-state index in [2.05, 4.69) is 5.48 Å². The van der Waals surface area contributed by atoms with Crippen molar-refractivity contribution in [2.75, 3.05) is 6.61 Å². The van der Waals surface area contributed by atoms with Crippen molar-refractivity contribution in [2.45, 2.75) is 39.7 Å². The Labute approximate surface area is 141 Å². The van der Waals surface area contributed by atoms with Crippen LogP contribution in [0.25, 0.3) is 0 Å². The van der Waals surface area contributed by atoms with Crippen LogP contribution in [-0.4, -0.2) is 18.6 Å². The molecule has 0 radical (unpaired) electrons. The molecule has 0 amide bonds. The molecule has 0 aliphatic heterocycles. The molecule has 1 aromatic carbocycles. The van der Waals surface area contributed by atoms with Crippen molar-refractivity contribution < 1.29 is 23.2 Å². The van der Waals surface area contributed by atoms with Gasteiger partial charge in [0, 0.05) is 11.2 Å². The molecule has 8 heteroatoms. The van der Waals surface area contributed by atoms with Gasteiger partial charge >= 0.3 is 12.9 Å². The van der Waals surface area contributed by atoms with Crippen molar-refractivity contribution in [2.24, 2.45) is 5.92 Å². The van der Waals surface area contributed by atoms with Gasteiger partial charge in [0.15, 0.2) is 0 Å². The van der Waals surface area contributed by atoms with Gasteiger partial charge in [-0.25, -0.2) is 9.36 Å². The molecule has 0 bridgehead atoms. The van der Waals surface area contributed by atoms with Gasteiger partial charge in [-0.05, 0) is 24.5 Å². The third-order valence-electron chi connectivity index (χ3n) is 2.89. The second-order valence-electron chi connectivity index (χ2n) is 5.29. The van der Waals surface area contributed by atoms with Crippen molar-refractivity contribution in [1.82, 2.24) is 5.48 Å². The summed E-state index contributed by atoms with van der Waals surface area (Å²) in [4.78, 5) is 17.4. The highest BCUT2D eigenvalue weighted by atomic mass is 35.7. The Balaban J connectivity index is 2.60. The van der Waals surface area contributed by atoms with Gasteiger partial charge in [-0.15, -0.1) is 0 Å². The maximum Gasteiger partial charge on any atom is 0.532 e. The number of carbonyl (C=O) groups is 1. The van der Waals surface area contributed by atoms with Gasteiger partial charge in [0.05, 0.1) is 6.61 Å². The van der Waals surface area contributed by atoms with Crippen LogP contribution in [0.2, 0.25) is 0 Å². The number of nitrogens with one attached hydrogen (secondary N) is 1. The van der Waals surface area contributed by atoms with Crippen LogP contribution in [0.5, 0.6) is 5.75 Å². The first kappa shape index (κ1) is 20.0. The largest absolute Gasteiger partial charge is 0.532 e. The van der Waals surface area contributed by atoms with E-state index in [4.69, 9.17) is 25.1 Å². The molecule has 0 heterocycles. The number of hydroxylamine groups is 1. The molecule has 0 saturated heterocycles. The molecule has 0 fully saturated rings. The SMILES string of the molecule is CCCCON[C@H](C(=O)OP(=O)(Cl)Oc1ccccc1)C(C)C. The topological polar surface area (TPSA) is 73.9 Å². The predicted molar refractivity (Wildman–Crippen MR) is 89.2 cm³/mol. The average Bonchev–Trinajstić information content (AvgIpc) is 2.46. The van der Waals surface area contributed by atoms with E-state index in [-0.39, 0.29) is 11.7 Å². The maximum absolute atomic E-state index is 12.2. The highest BCUT2D eigenvalue weighted by molar-refractivity contribution is 7.82. The molecule has 1 aromatic rings. The average molecular weight is 364 g/mol. The van der Waals surface area contributed by atoms with Gasteiger partial charge in [0.1, 0.15) is 11.8 Å².